The number of hydrogen-bond acceptors (Lipinski definition) is 11. The highest BCUT2D eigenvalue weighted by molar-refractivity contribution is 5.92. The lowest BCUT2D eigenvalue weighted by Gasteiger charge is -2.43. The molecule has 8 atom stereocenters. The lowest BCUT2D eigenvalue weighted by Crippen LogP contribution is -2.66. The number of hydrogen-bond donors (Lipinski definition) is 8. The highest BCUT2D eigenvalue weighted by Crippen LogP contribution is 2.24. The molecule has 1 saturated heterocycles. The summed E-state index contributed by atoms with van der Waals surface area (Å²) in [6.07, 6.45) is -9.01. The molecular weight excluding hydrogens is 500 g/mol. The summed E-state index contributed by atoms with van der Waals surface area (Å²) < 4.78 is 15.4. The molecule has 1 aliphatic rings. The number of aliphatic carboxylic acids is 1. The first-order valence-electron chi connectivity index (χ1n) is 11.1. The van der Waals surface area contributed by atoms with Crippen LogP contribution in [0.5, 0.6) is 0 Å². The normalized spacial score (nSPS) is 25.4. The number of rotatable bonds is 13. The summed E-state index contributed by atoms with van der Waals surface area (Å²) in [5.41, 5.74) is 5.17. The predicted octanol–water partition coefficient (Wildman–Crippen LogP) is -3.08. The molecule has 5 unspecified atom stereocenters. The Morgan fingerprint density at radius 1 is 1.08 bits per heavy atom. The van der Waals surface area contributed by atoms with Gasteiger partial charge in [-0.3, -0.25) is 19.2 Å². The van der Waals surface area contributed by atoms with Gasteiger partial charge in [0, 0.05) is 6.42 Å². The molecule has 1 heterocycles. The quantitative estimate of drug-likeness (QED) is 0.116. The standard InChI is InChI=1S/C20H34N4O12.CH4/c1-4-34-20(33)24-13-15(14(28)11(7-25)36-19(13)32)35-9(3)18(31)22-8(2)17(30)23-10(16(21)29)5-6-12(26)27;/h8-11,13-15,19,25,28,32H,4-7H2,1-3H3,(H2,21,29)(H,22,31)(H,23,30)(H,24,33)(H,26,27);1H4/t8-,9+,10+,11?,13?,14?,15?,19?;/m0./s1. The molecule has 0 bridgehead atoms. The van der Waals surface area contributed by atoms with Crippen molar-refractivity contribution in [2.24, 2.45) is 5.73 Å². The van der Waals surface area contributed by atoms with Crippen LogP contribution in [-0.4, -0.2) is 112 Å². The Morgan fingerprint density at radius 2 is 1.70 bits per heavy atom. The van der Waals surface area contributed by atoms with Gasteiger partial charge in [-0.15, -0.1) is 0 Å². The Hall–Kier alpha value is -3.05. The number of carbonyl (C=O) groups is 5. The maximum Gasteiger partial charge on any atom is 0.407 e. The van der Waals surface area contributed by atoms with E-state index in [0.717, 1.165) is 0 Å². The summed E-state index contributed by atoms with van der Waals surface area (Å²) in [6, 6.07) is -3.87. The van der Waals surface area contributed by atoms with Gasteiger partial charge in [0.25, 0.3) is 0 Å². The van der Waals surface area contributed by atoms with Crippen LogP contribution < -0.4 is 21.7 Å². The summed E-state index contributed by atoms with van der Waals surface area (Å²) in [4.78, 5) is 59.0. The number of ether oxygens (including phenoxy) is 3. The number of alkyl carbamates (subject to hydrolysis) is 1. The summed E-state index contributed by atoms with van der Waals surface area (Å²) in [5.74, 6) is -3.82. The van der Waals surface area contributed by atoms with E-state index < -0.39 is 91.6 Å². The lowest BCUT2D eigenvalue weighted by atomic mass is 9.96. The number of carboxylic acid groups (broad SMARTS) is 1. The minimum Gasteiger partial charge on any atom is -0.481 e. The number of primary amides is 1. The van der Waals surface area contributed by atoms with E-state index in [-0.39, 0.29) is 20.5 Å². The second-order valence-electron chi connectivity index (χ2n) is 8.00. The van der Waals surface area contributed by atoms with Crippen molar-refractivity contribution >= 4 is 29.8 Å². The SMILES string of the molecule is C.CCOC(=O)NC1C(O)OC(CO)C(O)C1O[C@H](C)C(=O)N[C@@H](C)C(=O)N[C@H](CCC(=O)O)C(N)=O. The largest absolute Gasteiger partial charge is 0.481 e. The molecular formula is C21H38N4O12. The van der Waals surface area contributed by atoms with E-state index >= 15 is 0 Å². The smallest absolute Gasteiger partial charge is 0.407 e. The van der Waals surface area contributed by atoms with Gasteiger partial charge >= 0.3 is 12.1 Å². The first kappa shape index (κ1) is 34.0. The lowest BCUT2D eigenvalue weighted by molar-refractivity contribution is -0.265. The Balaban J connectivity index is 0.0000130. The number of carbonyl (C=O) groups excluding carboxylic acids is 4. The van der Waals surface area contributed by atoms with Crippen LogP contribution in [0.3, 0.4) is 0 Å². The Labute approximate surface area is 213 Å². The maximum absolute atomic E-state index is 12.6. The molecule has 0 saturated carbocycles. The number of nitrogens with one attached hydrogen (secondary N) is 3. The van der Waals surface area contributed by atoms with Gasteiger partial charge in [0.15, 0.2) is 6.29 Å². The minimum absolute atomic E-state index is 0. The molecule has 1 fully saturated rings. The zero-order chi connectivity index (χ0) is 27.6. The van der Waals surface area contributed by atoms with Crippen LogP contribution in [0, 0.1) is 0 Å². The third-order valence-corrected chi connectivity index (χ3v) is 5.22. The topological polar surface area (TPSA) is 256 Å². The average molecular weight is 539 g/mol. The number of aliphatic hydroxyl groups is 3. The number of nitrogens with two attached hydrogens (primary N) is 1. The number of carboxylic acids is 1. The van der Waals surface area contributed by atoms with Crippen molar-refractivity contribution in [1.82, 2.24) is 16.0 Å². The Kier molecular flexibility index (Phi) is 14.6. The van der Waals surface area contributed by atoms with Crippen molar-refractivity contribution in [3.8, 4) is 0 Å². The zero-order valence-corrected chi connectivity index (χ0v) is 20.1. The molecule has 0 aromatic rings. The van der Waals surface area contributed by atoms with Gasteiger partial charge in [-0.1, -0.05) is 7.43 Å². The van der Waals surface area contributed by atoms with Crippen LogP contribution in [0.15, 0.2) is 0 Å². The molecule has 0 aromatic carbocycles. The summed E-state index contributed by atoms with van der Waals surface area (Å²) in [6.45, 7) is 3.40. The van der Waals surface area contributed by atoms with Gasteiger partial charge in [0.1, 0.15) is 42.5 Å². The summed E-state index contributed by atoms with van der Waals surface area (Å²) in [5, 5.41) is 45.7. The van der Waals surface area contributed by atoms with E-state index in [9.17, 15) is 39.3 Å². The van der Waals surface area contributed by atoms with E-state index in [1.807, 2.05) is 0 Å². The van der Waals surface area contributed by atoms with Gasteiger partial charge in [-0.25, -0.2) is 4.79 Å². The van der Waals surface area contributed by atoms with Crippen LogP contribution in [0.4, 0.5) is 4.79 Å². The van der Waals surface area contributed by atoms with Crippen LogP contribution in [0.25, 0.3) is 0 Å². The molecule has 1 rings (SSSR count). The second kappa shape index (κ2) is 15.9. The van der Waals surface area contributed by atoms with Gasteiger partial charge in [0.2, 0.25) is 17.7 Å². The molecule has 0 aromatic heterocycles. The zero-order valence-electron chi connectivity index (χ0n) is 20.1. The number of amides is 4. The highest BCUT2D eigenvalue weighted by atomic mass is 16.6. The average Bonchev–Trinajstić information content (AvgIpc) is 2.80. The minimum atomic E-state index is -1.73. The molecule has 9 N–H and O–H groups in total. The third kappa shape index (κ3) is 10.5. The molecule has 4 amide bonds. The molecule has 37 heavy (non-hydrogen) atoms. The van der Waals surface area contributed by atoms with Gasteiger partial charge < -0.3 is 56.3 Å². The molecule has 0 aliphatic carbocycles. The van der Waals surface area contributed by atoms with Crippen molar-refractivity contribution < 1.29 is 58.6 Å². The molecule has 16 nitrogen and oxygen atoms in total. The van der Waals surface area contributed by atoms with E-state index in [1.54, 1.807) is 6.92 Å². The van der Waals surface area contributed by atoms with Crippen LogP contribution in [0.2, 0.25) is 0 Å². The fourth-order valence-electron chi connectivity index (χ4n) is 3.25. The first-order chi connectivity index (χ1) is 16.8. The van der Waals surface area contributed by atoms with Gasteiger partial charge in [-0.05, 0) is 27.2 Å². The van der Waals surface area contributed by atoms with Gasteiger partial charge in [-0.2, -0.15) is 0 Å². The maximum atomic E-state index is 12.6. The van der Waals surface area contributed by atoms with Crippen molar-refractivity contribution in [1.29, 1.82) is 0 Å². The first-order valence-corrected chi connectivity index (χ1v) is 11.1. The molecule has 0 spiro atoms. The van der Waals surface area contributed by atoms with Crippen LogP contribution >= 0.6 is 0 Å². The Morgan fingerprint density at radius 3 is 2.22 bits per heavy atom. The predicted molar refractivity (Wildman–Crippen MR) is 125 cm³/mol. The van der Waals surface area contributed by atoms with Crippen molar-refractivity contribution in [2.75, 3.05) is 13.2 Å². The third-order valence-electron chi connectivity index (χ3n) is 5.22. The fourth-order valence-corrected chi connectivity index (χ4v) is 3.25. The van der Waals surface area contributed by atoms with Crippen molar-refractivity contribution in [3.63, 3.8) is 0 Å². The van der Waals surface area contributed by atoms with Crippen molar-refractivity contribution in [3.05, 3.63) is 0 Å². The van der Waals surface area contributed by atoms with Gasteiger partial charge in [0.05, 0.1) is 13.2 Å². The van der Waals surface area contributed by atoms with E-state index in [4.69, 9.17) is 25.1 Å². The molecule has 16 heteroatoms. The second-order valence-corrected chi connectivity index (χ2v) is 8.00. The Bertz CT molecular complexity index is 797. The van der Waals surface area contributed by atoms with Crippen LogP contribution in [-0.2, 0) is 33.4 Å². The van der Waals surface area contributed by atoms with Crippen LogP contribution in [0.1, 0.15) is 41.0 Å². The summed E-state index contributed by atoms with van der Waals surface area (Å²) in [7, 11) is 0. The van der Waals surface area contributed by atoms with Crippen molar-refractivity contribution in [2.45, 2.75) is 89.9 Å². The number of aliphatic hydroxyl groups excluding tert-OH is 3. The molecule has 0 radical (unpaired) electrons. The highest BCUT2D eigenvalue weighted by Gasteiger charge is 2.47. The van der Waals surface area contributed by atoms with E-state index in [1.165, 1.54) is 13.8 Å². The summed E-state index contributed by atoms with van der Waals surface area (Å²) >= 11 is 0. The fraction of sp³-hybridized carbons (Fsp3) is 0.762. The van der Waals surface area contributed by atoms with E-state index in [0.29, 0.717) is 0 Å². The molecule has 1 aliphatic heterocycles. The monoisotopic (exact) mass is 538 g/mol. The van der Waals surface area contributed by atoms with E-state index in [2.05, 4.69) is 16.0 Å². The molecule has 214 valence electrons.